The van der Waals surface area contributed by atoms with Crippen molar-refractivity contribution in [2.24, 2.45) is 0 Å². The average molecular weight is 259 g/mol. The van der Waals surface area contributed by atoms with Crippen molar-refractivity contribution < 1.29 is 9.53 Å². The normalized spacial score (nSPS) is 20.1. The monoisotopic (exact) mass is 259 g/mol. The van der Waals surface area contributed by atoms with E-state index in [4.69, 9.17) is 4.74 Å². The largest absolute Gasteiger partial charge is 0.378 e. The first kappa shape index (κ1) is 14.0. The number of morpholine rings is 1. The van der Waals surface area contributed by atoms with Gasteiger partial charge in [0.05, 0.1) is 13.2 Å². The number of ketones is 1. The van der Waals surface area contributed by atoms with Gasteiger partial charge in [0, 0.05) is 31.1 Å². The SMILES string of the molecule is C=CCCN1CCOC[C@H]1CC(=O)c1ccccc1. The van der Waals surface area contributed by atoms with Crippen LogP contribution >= 0.6 is 0 Å². The predicted molar refractivity (Wildman–Crippen MR) is 76.4 cm³/mol. The quantitative estimate of drug-likeness (QED) is 0.581. The van der Waals surface area contributed by atoms with E-state index in [-0.39, 0.29) is 11.8 Å². The van der Waals surface area contributed by atoms with Gasteiger partial charge < -0.3 is 4.74 Å². The molecule has 102 valence electrons. The first-order chi connectivity index (χ1) is 9.31. The second kappa shape index (κ2) is 7.22. The van der Waals surface area contributed by atoms with Crippen LogP contribution in [0.2, 0.25) is 0 Å². The smallest absolute Gasteiger partial charge is 0.164 e. The average Bonchev–Trinajstić information content (AvgIpc) is 2.47. The Balaban J connectivity index is 1.95. The first-order valence-corrected chi connectivity index (χ1v) is 6.82. The molecule has 3 heteroatoms. The molecule has 1 fully saturated rings. The summed E-state index contributed by atoms with van der Waals surface area (Å²) >= 11 is 0. The van der Waals surface area contributed by atoms with E-state index in [1.165, 1.54) is 0 Å². The molecule has 1 aromatic carbocycles. The Kier molecular flexibility index (Phi) is 5.31. The molecule has 1 aromatic rings. The van der Waals surface area contributed by atoms with E-state index >= 15 is 0 Å². The zero-order valence-corrected chi connectivity index (χ0v) is 11.3. The number of hydrogen-bond acceptors (Lipinski definition) is 3. The maximum atomic E-state index is 12.2. The molecule has 2 rings (SSSR count). The van der Waals surface area contributed by atoms with E-state index in [9.17, 15) is 4.79 Å². The van der Waals surface area contributed by atoms with Crippen LogP contribution in [0, 0.1) is 0 Å². The summed E-state index contributed by atoms with van der Waals surface area (Å²) in [6, 6.07) is 9.68. The van der Waals surface area contributed by atoms with Crippen LogP contribution in [0.4, 0.5) is 0 Å². The molecule has 1 heterocycles. The van der Waals surface area contributed by atoms with Crippen LogP contribution in [0.1, 0.15) is 23.2 Å². The lowest BCUT2D eigenvalue weighted by molar-refractivity contribution is -0.00765. The fourth-order valence-electron chi connectivity index (χ4n) is 2.38. The second-order valence-corrected chi connectivity index (χ2v) is 4.84. The number of rotatable bonds is 6. The Morgan fingerprint density at radius 1 is 1.42 bits per heavy atom. The molecule has 19 heavy (non-hydrogen) atoms. The molecule has 0 aliphatic carbocycles. The standard InChI is InChI=1S/C16H21NO2/c1-2-3-9-17-10-11-19-13-15(17)12-16(18)14-7-5-4-6-8-14/h2,4-8,15H,1,3,9-13H2/t15-/m1/s1. The van der Waals surface area contributed by atoms with Gasteiger partial charge in [0.1, 0.15) is 0 Å². The summed E-state index contributed by atoms with van der Waals surface area (Å²) < 4.78 is 5.51. The van der Waals surface area contributed by atoms with Crippen LogP contribution < -0.4 is 0 Å². The van der Waals surface area contributed by atoms with Gasteiger partial charge in [0.15, 0.2) is 5.78 Å². The fraction of sp³-hybridized carbons (Fsp3) is 0.438. The lowest BCUT2D eigenvalue weighted by atomic mass is 10.0. The predicted octanol–water partition coefficient (Wildman–Crippen LogP) is 2.54. The Morgan fingerprint density at radius 2 is 2.21 bits per heavy atom. The number of carbonyl (C=O) groups excluding carboxylic acids is 1. The summed E-state index contributed by atoms with van der Waals surface area (Å²) in [5.41, 5.74) is 0.789. The highest BCUT2D eigenvalue weighted by Crippen LogP contribution is 2.14. The lowest BCUT2D eigenvalue weighted by Crippen LogP contribution is -2.46. The van der Waals surface area contributed by atoms with Crippen LogP contribution in [-0.4, -0.2) is 43.0 Å². The van der Waals surface area contributed by atoms with Crippen molar-refractivity contribution in [3.8, 4) is 0 Å². The Morgan fingerprint density at radius 3 is 2.95 bits per heavy atom. The van der Waals surface area contributed by atoms with E-state index < -0.39 is 0 Å². The molecule has 1 aliphatic rings. The minimum atomic E-state index is 0.194. The summed E-state index contributed by atoms with van der Waals surface area (Å²) in [6.07, 6.45) is 3.41. The zero-order valence-electron chi connectivity index (χ0n) is 11.3. The van der Waals surface area contributed by atoms with Crippen molar-refractivity contribution in [1.82, 2.24) is 4.90 Å². The Hall–Kier alpha value is -1.45. The van der Waals surface area contributed by atoms with Crippen molar-refractivity contribution in [1.29, 1.82) is 0 Å². The van der Waals surface area contributed by atoms with Gasteiger partial charge in [-0.2, -0.15) is 0 Å². The van der Waals surface area contributed by atoms with Crippen molar-refractivity contribution in [3.05, 3.63) is 48.6 Å². The molecule has 3 nitrogen and oxygen atoms in total. The van der Waals surface area contributed by atoms with Crippen LogP contribution in [0.15, 0.2) is 43.0 Å². The third-order valence-corrected chi connectivity index (χ3v) is 3.49. The number of hydrogen-bond donors (Lipinski definition) is 0. The summed E-state index contributed by atoms with van der Waals surface area (Å²) in [5.74, 6) is 0.194. The fourth-order valence-corrected chi connectivity index (χ4v) is 2.38. The Bertz CT molecular complexity index is 416. The summed E-state index contributed by atoms with van der Waals surface area (Å²) in [7, 11) is 0. The van der Waals surface area contributed by atoms with Gasteiger partial charge >= 0.3 is 0 Å². The molecule has 0 aromatic heterocycles. The van der Waals surface area contributed by atoms with Gasteiger partial charge in [-0.15, -0.1) is 6.58 Å². The van der Waals surface area contributed by atoms with Gasteiger partial charge in [-0.25, -0.2) is 0 Å². The number of carbonyl (C=O) groups is 1. The summed E-state index contributed by atoms with van der Waals surface area (Å²) in [6.45, 7) is 7.02. The summed E-state index contributed by atoms with van der Waals surface area (Å²) in [4.78, 5) is 14.6. The minimum absolute atomic E-state index is 0.194. The molecule has 0 amide bonds. The van der Waals surface area contributed by atoms with Crippen molar-refractivity contribution in [2.45, 2.75) is 18.9 Å². The van der Waals surface area contributed by atoms with E-state index in [0.29, 0.717) is 13.0 Å². The van der Waals surface area contributed by atoms with Crippen molar-refractivity contribution >= 4 is 5.78 Å². The van der Waals surface area contributed by atoms with Crippen LogP contribution in [0.5, 0.6) is 0 Å². The Labute approximate surface area is 114 Å². The number of ether oxygens (including phenoxy) is 1. The number of Topliss-reactive ketones (excluding diaryl/α,β-unsaturated/α-hetero) is 1. The topological polar surface area (TPSA) is 29.5 Å². The molecule has 0 unspecified atom stereocenters. The van der Waals surface area contributed by atoms with Gasteiger partial charge in [0.2, 0.25) is 0 Å². The minimum Gasteiger partial charge on any atom is -0.378 e. The summed E-state index contributed by atoms with van der Waals surface area (Å²) in [5, 5.41) is 0. The number of benzene rings is 1. The molecule has 1 saturated heterocycles. The second-order valence-electron chi connectivity index (χ2n) is 4.84. The van der Waals surface area contributed by atoms with Gasteiger partial charge in [-0.3, -0.25) is 9.69 Å². The van der Waals surface area contributed by atoms with E-state index in [2.05, 4.69) is 11.5 Å². The lowest BCUT2D eigenvalue weighted by Gasteiger charge is -2.35. The van der Waals surface area contributed by atoms with E-state index in [0.717, 1.165) is 31.7 Å². The molecule has 0 spiro atoms. The molecule has 0 N–H and O–H groups in total. The third-order valence-electron chi connectivity index (χ3n) is 3.49. The highest BCUT2D eigenvalue weighted by atomic mass is 16.5. The maximum absolute atomic E-state index is 12.2. The van der Waals surface area contributed by atoms with Gasteiger partial charge in [0.25, 0.3) is 0 Å². The molecule has 0 bridgehead atoms. The molecule has 0 saturated carbocycles. The first-order valence-electron chi connectivity index (χ1n) is 6.82. The molecular formula is C16H21NO2. The van der Waals surface area contributed by atoms with E-state index in [1.54, 1.807) is 0 Å². The maximum Gasteiger partial charge on any atom is 0.164 e. The number of nitrogens with zero attached hydrogens (tertiary/aromatic N) is 1. The van der Waals surface area contributed by atoms with Gasteiger partial charge in [-0.1, -0.05) is 36.4 Å². The molecule has 0 radical (unpaired) electrons. The van der Waals surface area contributed by atoms with E-state index in [1.807, 2.05) is 36.4 Å². The van der Waals surface area contributed by atoms with Crippen LogP contribution in [0.3, 0.4) is 0 Å². The molecule has 1 atom stereocenters. The molecule has 1 aliphatic heterocycles. The zero-order chi connectivity index (χ0) is 13.5. The van der Waals surface area contributed by atoms with Crippen molar-refractivity contribution in [3.63, 3.8) is 0 Å². The highest BCUT2D eigenvalue weighted by molar-refractivity contribution is 5.96. The highest BCUT2D eigenvalue weighted by Gasteiger charge is 2.25. The van der Waals surface area contributed by atoms with Crippen molar-refractivity contribution in [2.75, 3.05) is 26.3 Å². The van der Waals surface area contributed by atoms with Crippen LogP contribution in [-0.2, 0) is 4.74 Å². The van der Waals surface area contributed by atoms with Crippen LogP contribution in [0.25, 0.3) is 0 Å². The third kappa shape index (κ3) is 4.01. The van der Waals surface area contributed by atoms with Gasteiger partial charge in [-0.05, 0) is 6.42 Å². The molecular weight excluding hydrogens is 238 g/mol.